The summed E-state index contributed by atoms with van der Waals surface area (Å²) in [6.45, 7) is 9.59. The monoisotopic (exact) mass is 475 g/mol. The number of alkyl halides is 3. The Morgan fingerprint density at radius 3 is 2.41 bits per heavy atom. The summed E-state index contributed by atoms with van der Waals surface area (Å²) in [5.41, 5.74) is 3.37. The summed E-state index contributed by atoms with van der Waals surface area (Å²) in [6.07, 6.45) is -4.10. The number of benzene rings is 2. The van der Waals surface area contributed by atoms with E-state index in [2.05, 4.69) is 4.74 Å². The van der Waals surface area contributed by atoms with Gasteiger partial charge in [-0.05, 0) is 73.6 Å². The molecule has 1 fully saturated rings. The molecule has 1 heterocycles. The van der Waals surface area contributed by atoms with Crippen molar-refractivity contribution in [1.82, 2.24) is 0 Å². The second kappa shape index (κ2) is 8.03. The molecule has 1 aliphatic carbocycles. The van der Waals surface area contributed by atoms with Crippen LogP contribution in [0.25, 0.3) is 11.1 Å². The highest BCUT2D eigenvalue weighted by atomic mass is 19.4. The van der Waals surface area contributed by atoms with Crippen LogP contribution in [-0.2, 0) is 15.0 Å². The normalized spacial score (nSPS) is 21.4. The number of carboxylic acid groups (broad SMARTS) is 1. The smallest absolute Gasteiger partial charge is 0.481 e. The number of nitrogens with zero attached hydrogens (tertiary/aromatic N) is 1. The van der Waals surface area contributed by atoms with Crippen LogP contribution in [0.15, 0.2) is 30.3 Å². The van der Waals surface area contributed by atoms with Crippen molar-refractivity contribution < 1.29 is 32.6 Å². The summed E-state index contributed by atoms with van der Waals surface area (Å²) < 4.78 is 44.0. The first kappa shape index (κ1) is 24.1. The second-order valence-electron chi connectivity index (χ2n) is 10.2. The Hall–Kier alpha value is -3.03. The van der Waals surface area contributed by atoms with Gasteiger partial charge < -0.3 is 14.7 Å². The predicted molar refractivity (Wildman–Crippen MR) is 122 cm³/mol. The number of carboxylic acids is 1. The van der Waals surface area contributed by atoms with E-state index in [0.29, 0.717) is 29.7 Å². The average Bonchev–Trinajstić information content (AvgIpc) is 3.48. The van der Waals surface area contributed by atoms with Crippen molar-refractivity contribution in [3.63, 3.8) is 0 Å². The number of fused-ring (bicyclic) bond motifs is 1. The van der Waals surface area contributed by atoms with Gasteiger partial charge in [0.25, 0.3) is 0 Å². The quantitative estimate of drug-likeness (QED) is 0.562. The zero-order valence-electron chi connectivity index (χ0n) is 19.8. The SMILES string of the molecule is Cc1cc2c(cc1-c1cc(C3C[C@H]3C(=O)O)ccc1OC(F)(F)F)N(C(C)C)C(=O)CC2(C)C. The molecule has 34 heavy (non-hydrogen) atoms. The molecular weight excluding hydrogens is 447 g/mol. The van der Waals surface area contributed by atoms with Crippen molar-refractivity contribution in [3.05, 3.63) is 47.0 Å². The predicted octanol–water partition coefficient (Wildman–Crippen LogP) is 6.17. The molecule has 1 aliphatic heterocycles. The van der Waals surface area contributed by atoms with E-state index in [1.54, 1.807) is 17.0 Å². The standard InChI is InChI=1S/C26H28F3NO4/c1-13(2)30-21-11-16(14(3)8-20(21)25(4,5)12-23(30)31)18-9-15(17-10-19(17)24(32)33)6-7-22(18)34-26(27,28)29/h6-9,11,13,17,19H,10,12H2,1-5H3,(H,32,33)/t17?,19-/m1/s1. The van der Waals surface area contributed by atoms with Gasteiger partial charge in [0.05, 0.1) is 5.92 Å². The molecule has 8 heteroatoms. The van der Waals surface area contributed by atoms with E-state index in [-0.39, 0.29) is 29.2 Å². The lowest BCUT2D eigenvalue weighted by Gasteiger charge is -2.41. The Morgan fingerprint density at radius 2 is 1.85 bits per heavy atom. The fourth-order valence-corrected chi connectivity index (χ4v) is 5.03. The summed E-state index contributed by atoms with van der Waals surface area (Å²) >= 11 is 0. The summed E-state index contributed by atoms with van der Waals surface area (Å²) in [5, 5.41) is 9.30. The molecular formula is C26H28F3NO4. The Morgan fingerprint density at radius 1 is 1.18 bits per heavy atom. The number of carbonyl (C=O) groups is 2. The van der Waals surface area contributed by atoms with Crippen molar-refractivity contribution in [1.29, 1.82) is 0 Å². The molecule has 0 spiro atoms. The van der Waals surface area contributed by atoms with Gasteiger partial charge in [-0.15, -0.1) is 13.2 Å². The number of hydrogen-bond donors (Lipinski definition) is 1. The first-order chi connectivity index (χ1) is 15.7. The third-order valence-corrected chi connectivity index (χ3v) is 6.76. The molecule has 4 rings (SSSR count). The summed E-state index contributed by atoms with van der Waals surface area (Å²) in [5.74, 6) is -2.10. The maximum atomic E-state index is 13.2. The van der Waals surface area contributed by atoms with Gasteiger partial charge in [-0.2, -0.15) is 0 Å². The minimum Gasteiger partial charge on any atom is -0.481 e. The van der Waals surface area contributed by atoms with Crippen LogP contribution in [0.5, 0.6) is 5.75 Å². The average molecular weight is 476 g/mol. The highest BCUT2D eigenvalue weighted by Crippen LogP contribution is 2.51. The van der Waals surface area contributed by atoms with Crippen molar-refractivity contribution in [2.24, 2.45) is 5.92 Å². The van der Waals surface area contributed by atoms with E-state index < -0.39 is 23.7 Å². The number of aliphatic carboxylic acids is 1. The van der Waals surface area contributed by atoms with Crippen LogP contribution >= 0.6 is 0 Å². The maximum Gasteiger partial charge on any atom is 0.573 e. The van der Waals surface area contributed by atoms with Crippen LogP contribution in [0, 0.1) is 12.8 Å². The molecule has 0 aromatic heterocycles. The molecule has 1 unspecified atom stereocenters. The van der Waals surface area contributed by atoms with Crippen LogP contribution in [0.4, 0.5) is 18.9 Å². The molecule has 2 atom stereocenters. The number of hydrogen-bond acceptors (Lipinski definition) is 3. The number of ether oxygens (including phenoxy) is 1. The van der Waals surface area contributed by atoms with Crippen LogP contribution in [0.3, 0.4) is 0 Å². The Balaban J connectivity index is 1.91. The van der Waals surface area contributed by atoms with Gasteiger partial charge >= 0.3 is 12.3 Å². The Kier molecular flexibility index (Phi) is 5.69. The highest BCUT2D eigenvalue weighted by molar-refractivity contribution is 5.99. The van der Waals surface area contributed by atoms with Gasteiger partial charge in [-0.3, -0.25) is 9.59 Å². The number of anilines is 1. The number of carbonyl (C=O) groups excluding carboxylic acids is 1. The van der Waals surface area contributed by atoms with Crippen LogP contribution < -0.4 is 9.64 Å². The Labute approximate surface area is 196 Å². The van der Waals surface area contributed by atoms with Crippen LogP contribution in [-0.4, -0.2) is 29.4 Å². The number of aryl methyl sites for hydroxylation is 1. The lowest BCUT2D eigenvalue weighted by Crippen LogP contribution is -2.45. The molecule has 2 aromatic rings. The topological polar surface area (TPSA) is 66.8 Å². The van der Waals surface area contributed by atoms with Gasteiger partial charge in [0.1, 0.15) is 5.75 Å². The fourth-order valence-electron chi connectivity index (χ4n) is 5.03. The van der Waals surface area contributed by atoms with Crippen molar-refractivity contribution in [2.45, 2.75) is 71.2 Å². The minimum atomic E-state index is -4.89. The van der Waals surface area contributed by atoms with E-state index in [1.165, 1.54) is 12.1 Å². The largest absolute Gasteiger partial charge is 0.573 e. The van der Waals surface area contributed by atoms with E-state index >= 15 is 0 Å². The van der Waals surface area contributed by atoms with Crippen molar-refractivity contribution >= 4 is 17.6 Å². The van der Waals surface area contributed by atoms with Gasteiger partial charge in [0.15, 0.2) is 0 Å². The molecule has 1 amide bonds. The first-order valence-electron chi connectivity index (χ1n) is 11.3. The molecule has 1 saturated carbocycles. The minimum absolute atomic E-state index is 0.0369. The lowest BCUT2D eigenvalue weighted by molar-refractivity contribution is -0.274. The fraction of sp³-hybridized carbons (Fsp3) is 0.462. The van der Waals surface area contributed by atoms with Crippen LogP contribution in [0.1, 0.15) is 63.1 Å². The number of halogens is 3. The van der Waals surface area contributed by atoms with Crippen molar-refractivity contribution in [2.75, 3.05) is 4.90 Å². The van der Waals surface area contributed by atoms with Gasteiger partial charge in [-0.25, -0.2) is 0 Å². The second-order valence-corrected chi connectivity index (χ2v) is 10.2. The third kappa shape index (κ3) is 4.38. The number of amides is 1. The first-order valence-corrected chi connectivity index (χ1v) is 11.3. The molecule has 0 bridgehead atoms. The molecule has 182 valence electrons. The highest BCUT2D eigenvalue weighted by Gasteiger charge is 2.45. The van der Waals surface area contributed by atoms with E-state index in [1.807, 2.05) is 40.7 Å². The van der Waals surface area contributed by atoms with Gasteiger partial charge in [0.2, 0.25) is 5.91 Å². The molecule has 2 aliphatic rings. The zero-order chi connectivity index (χ0) is 25.2. The Bertz CT molecular complexity index is 1170. The maximum absolute atomic E-state index is 13.2. The lowest BCUT2D eigenvalue weighted by atomic mass is 9.75. The summed E-state index contributed by atoms with van der Waals surface area (Å²) in [4.78, 5) is 26.0. The van der Waals surface area contributed by atoms with Gasteiger partial charge in [0, 0.05) is 29.1 Å². The molecule has 5 nitrogen and oxygen atoms in total. The molecule has 2 aromatic carbocycles. The molecule has 0 saturated heterocycles. The van der Waals surface area contributed by atoms with E-state index in [4.69, 9.17) is 0 Å². The number of rotatable bonds is 5. The van der Waals surface area contributed by atoms with E-state index in [0.717, 1.165) is 11.1 Å². The zero-order valence-corrected chi connectivity index (χ0v) is 19.8. The summed E-state index contributed by atoms with van der Waals surface area (Å²) in [6, 6.07) is 7.93. The summed E-state index contributed by atoms with van der Waals surface area (Å²) in [7, 11) is 0. The molecule has 1 N–H and O–H groups in total. The van der Waals surface area contributed by atoms with Crippen LogP contribution in [0.2, 0.25) is 0 Å². The van der Waals surface area contributed by atoms with Gasteiger partial charge in [-0.1, -0.05) is 26.0 Å². The molecule has 0 radical (unpaired) electrons. The third-order valence-electron chi connectivity index (χ3n) is 6.76. The van der Waals surface area contributed by atoms with Crippen molar-refractivity contribution in [3.8, 4) is 16.9 Å². The van der Waals surface area contributed by atoms with E-state index in [9.17, 15) is 27.9 Å².